The van der Waals surface area contributed by atoms with E-state index in [1.807, 2.05) is 64.8 Å². The van der Waals surface area contributed by atoms with Gasteiger partial charge in [0.1, 0.15) is 10.6 Å². The molecule has 10 N–H and O–H groups in total. The fraction of sp³-hybridized carbons (Fsp3) is 0.523. The molecule has 7 aromatic carbocycles. The molecule has 135 heavy (non-hydrogen) atoms. The Morgan fingerprint density at radius 1 is 0.430 bits per heavy atom. The molecule has 1 heterocycles. The minimum Gasteiger partial charge on any atom is -0.508 e. The zero-order valence-corrected chi connectivity index (χ0v) is 91.3. The molecule has 1 radical (unpaired) electrons. The number of aromatic carboxylic acids is 3. The summed E-state index contributed by atoms with van der Waals surface area (Å²) in [6.07, 6.45) is 25.3. The quantitative estimate of drug-likeness (QED) is 0.0101. The molecule has 12 atom stereocenters. The number of anilines is 2. The number of aromatic hydroxyl groups is 1. The number of carbonyl (C=O) groups is 3. The van der Waals surface area contributed by atoms with Crippen LogP contribution in [-0.4, -0.2) is 196 Å². The van der Waals surface area contributed by atoms with Crippen molar-refractivity contribution in [1.82, 2.24) is 5.32 Å². The van der Waals surface area contributed by atoms with Gasteiger partial charge >= 0.3 is 17.9 Å². The molecule has 8 rings (SSSR count). The third-order valence-corrected chi connectivity index (χ3v) is 23.4. The Morgan fingerprint density at radius 2 is 0.726 bits per heavy atom. The average molecular weight is 1960 g/mol. The molecule has 1 aliphatic rings. The maximum atomic E-state index is 11.1. The van der Waals surface area contributed by atoms with E-state index in [4.69, 9.17) is 39.0 Å². The van der Waals surface area contributed by atoms with Crippen molar-refractivity contribution in [2.45, 2.75) is 240 Å². The van der Waals surface area contributed by atoms with Crippen LogP contribution in [0.2, 0.25) is 0 Å². The van der Waals surface area contributed by atoms with E-state index in [9.17, 15) is 22.8 Å². The number of hydrogen-bond donors (Lipinski definition) is 8. The smallest absolute Gasteiger partial charge is 0.336 e. The molecule has 755 valence electrons. The maximum Gasteiger partial charge on any atom is 0.336 e. The summed E-state index contributed by atoms with van der Waals surface area (Å²) in [4.78, 5) is 66.8. The van der Waals surface area contributed by atoms with Crippen molar-refractivity contribution in [3.63, 3.8) is 0 Å². The van der Waals surface area contributed by atoms with Gasteiger partial charge in [-0.15, -0.1) is 0 Å². The monoisotopic (exact) mass is 1960 g/mol. The summed E-state index contributed by atoms with van der Waals surface area (Å²) in [5.74, 6) is 3.82. The van der Waals surface area contributed by atoms with Crippen LogP contribution < -0.4 is 26.6 Å². The third-order valence-electron chi connectivity index (χ3n) is 22.5. The third kappa shape index (κ3) is 67.2. The van der Waals surface area contributed by atoms with Crippen molar-refractivity contribution >= 4 is 103 Å². The Labute approximate surface area is 838 Å². The van der Waals surface area contributed by atoms with Crippen LogP contribution in [0.15, 0.2) is 210 Å². The molecule has 0 bridgehead atoms. The van der Waals surface area contributed by atoms with Gasteiger partial charge in [0.2, 0.25) is 0 Å². The van der Waals surface area contributed by atoms with Gasteiger partial charge in [-0.3, -0.25) is 39.5 Å². The number of aliphatic imine (C=N–C) groups is 7. The van der Waals surface area contributed by atoms with Crippen molar-refractivity contribution in [2.75, 3.05) is 95.9 Å². The van der Waals surface area contributed by atoms with Crippen molar-refractivity contribution < 1.29 is 66.3 Å². The molecule has 0 aliphatic carbocycles. The zero-order valence-electron chi connectivity index (χ0n) is 88.6. The molecule has 0 spiro atoms. The van der Waals surface area contributed by atoms with E-state index < -0.39 is 37.8 Å². The Hall–Kier alpha value is -8.73. The molecule has 1 fully saturated rings. The second-order valence-electron chi connectivity index (χ2n) is 34.3. The van der Waals surface area contributed by atoms with Crippen LogP contribution in [0.1, 0.15) is 293 Å². The van der Waals surface area contributed by atoms with Gasteiger partial charge in [-0.1, -0.05) is 267 Å². The molecule has 0 amide bonds. The van der Waals surface area contributed by atoms with E-state index in [-0.39, 0.29) is 33.4 Å². The van der Waals surface area contributed by atoms with Gasteiger partial charge < -0.3 is 47.0 Å². The Bertz CT molecular complexity index is 4480. The summed E-state index contributed by atoms with van der Waals surface area (Å²) in [6, 6.07) is 51.4. The van der Waals surface area contributed by atoms with Gasteiger partial charge in [0, 0.05) is 163 Å². The molecular weight excluding hydrogens is 1780 g/mol. The second kappa shape index (κ2) is 83.4. The number of benzene rings is 7. The van der Waals surface area contributed by atoms with Gasteiger partial charge in [-0.2, -0.15) is 28.1 Å². The van der Waals surface area contributed by atoms with Crippen molar-refractivity contribution in [3.8, 4) is 5.75 Å². The summed E-state index contributed by atoms with van der Waals surface area (Å²) in [6.45, 7) is 57.8. The van der Waals surface area contributed by atoms with Gasteiger partial charge in [0.15, 0.2) is 0 Å². The molecule has 7 aromatic rings. The Morgan fingerprint density at radius 3 is 1.01 bits per heavy atom. The van der Waals surface area contributed by atoms with E-state index in [2.05, 4.69) is 237 Å². The molecule has 22 nitrogen and oxygen atoms in total. The predicted molar refractivity (Wildman–Crippen MR) is 589 cm³/mol. The van der Waals surface area contributed by atoms with E-state index in [0.29, 0.717) is 93.6 Å². The number of carboxylic acid groups (broad SMARTS) is 3. The molecule has 1 aliphatic heterocycles. The summed E-state index contributed by atoms with van der Waals surface area (Å²) in [7, 11) is -0.502. The minimum absolute atomic E-state index is 0. The summed E-state index contributed by atoms with van der Waals surface area (Å²) >= 11 is 0. The van der Waals surface area contributed by atoms with E-state index in [1.54, 1.807) is 116 Å². The topological polar surface area (TPSA) is 344 Å². The van der Waals surface area contributed by atoms with Crippen LogP contribution in [-0.2, 0) is 28.7 Å². The molecule has 0 aromatic heterocycles. The van der Waals surface area contributed by atoms with Crippen LogP contribution in [0.5, 0.6) is 5.75 Å². The van der Waals surface area contributed by atoms with Crippen molar-refractivity contribution in [3.05, 3.63) is 225 Å². The standard InChI is InChI=1S/C16H26N2.C14H22N2.2C13H17NO2.C12H17NO3S.C12H15NO2.C12H17NO.C8H17N.C5H13N.C4H11N.2H3P.V/c1-5-14(4)12-17-13-15-8-10-16(11-9-15)18(6-2)7-3;1-5-12(2)10-15-11-13-6-8-14(9-7-13)16(3)4;1-3-10(2)8-14-9-11-4-6-12(7-5-11)13(15)16;1-3-10(2)8-14-9-11-6-4-5-7-12(11)13(15)16;1-3-10(2)8-13-9-11-6-4-5-7-12(11)17(14,15)16;1-3-9(2)13-8-10-4-6-11(7-5-10)12(14)15;1-3-10(2)8-13-9-11-4-6-12(14)7-5-11;1-3-7-5-9-6-8(7)4-2;1-3-5(2)4-6;1-3-4(2)5;;;/h8-11,13-14H,5-7,12H2,1-4H3;6-9,11-12H,5,10H2,1-4H3;2*4-7,9-10H,3,8H2,1-2H3,(H,15,16);4-7,9-10H,3,8H2,1-2H3,(H,14,15,16);4-9H,3H2,1-2H3,(H,14,15);4-7,9-10,14H,3,8H2,1-2H3;7-9H,3-6H2,1-2H3;5H,3-4,6H2,1-2H3;4H,3,5H2,1-2H3;2*1H3;/i;;;;;;;;;;1D2;;. The van der Waals surface area contributed by atoms with Gasteiger partial charge in [-0.05, 0) is 226 Å². The number of rotatable bonds is 40. The molecule has 26 heteroatoms. The van der Waals surface area contributed by atoms with Crippen molar-refractivity contribution in [2.24, 2.45) is 99.7 Å². The molecule has 12 unspecified atom stereocenters. The first-order valence-electron chi connectivity index (χ1n) is 49.0. The number of phenols is 1. The summed E-state index contributed by atoms with van der Waals surface area (Å²) in [5, 5.41) is 38.9. The van der Waals surface area contributed by atoms with Gasteiger partial charge in [0.05, 0.1) is 19.2 Å². The predicted octanol–water partition coefficient (Wildman–Crippen LogP) is 24.3. The average Bonchev–Trinajstić information content (AvgIpc) is 1.06. The van der Waals surface area contributed by atoms with Crippen LogP contribution >= 0.6 is 19.7 Å². The first-order chi connectivity index (χ1) is 64.3. The fourth-order valence-electron chi connectivity index (χ4n) is 10.8. The van der Waals surface area contributed by atoms with Crippen LogP contribution in [0.25, 0.3) is 0 Å². The summed E-state index contributed by atoms with van der Waals surface area (Å²) in [5.41, 5.74) is 20.3. The summed E-state index contributed by atoms with van der Waals surface area (Å²) < 4.78 is 43.0. The Balaban J connectivity index is -0.000000475. The van der Waals surface area contributed by atoms with Gasteiger partial charge in [0.25, 0.3) is 10.1 Å². The SMILES string of the molecule is CCC(C)CN.CCC(C)CN=Cc1ccc(C(=O)O)cc1.CCC(C)CN=Cc1ccc(N(C)C)cc1.CCC(C)CN=Cc1ccc(N(CC)CC)cc1.CCC(C)CN=Cc1ccc(O)cc1.CCC(C)CN=Cc1ccccc1C(=O)O.CCC(C)CN=Cc1ccccc1S(=O)(=O)O.CCC(C)N.CCC(C)N=Cc1ccc(C(=O)O)cc1.CCC1CNCC1CC.P.[2H]P[2H].[V]. The number of carboxylic acids is 3. The van der Waals surface area contributed by atoms with Gasteiger partial charge in [-0.25, -0.2) is 14.4 Å². The van der Waals surface area contributed by atoms with Crippen LogP contribution in [0.3, 0.4) is 0 Å². The number of nitrogens with zero attached hydrogens (tertiary/aromatic N) is 9. The number of nitrogens with one attached hydrogen (secondary N) is 1. The number of phenolic OH excluding ortho intramolecular Hbond substituents is 1. The molecule has 0 saturated carbocycles. The minimum atomic E-state index is -4.18. The number of hydrogen-bond acceptors (Lipinski definition) is 18. The van der Waals surface area contributed by atoms with E-state index in [1.165, 1.54) is 80.0 Å². The Kier molecular flexibility index (Phi) is 80.6. The van der Waals surface area contributed by atoms with E-state index in [0.717, 1.165) is 119 Å². The number of nitrogens with two attached hydrogens (primary N) is 2. The van der Waals surface area contributed by atoms with Crippen LogP contribution in [0, 0.1) is 53.3 Å². The second-order valence-corrected chi connectivity index (χ2v) is 35.7. The van der Waals surface area contributed by atoms with Crippen LogP contribution in [0.4, 0.5) is 11.4 Å². The molecule has 1 saturated heterocycles. The normalized spacial score (nSPS) is 14.6. The van der Waals surface area contributed by atoms with Crippen molar-refractivity contribution in [1.29, 1.82) is 2.56 Å². The zero-order chi connectivity index (χ0) is 102. The first-order valence-corrected chi connectivity index (χ1v) is 49.5. The van der Waals surface area contributed by atoms with E-state index >= 15 is 0 Å². The largest absolute Gasteiger partial charge is 0.508 e. The maximum absolute atomic E-state index is 11.1. The first kappa shape index (κ1) is 130. The fourth-order valence-corrected chi connectivity index (χ4v) is 11.5. The molecular formula is C109H178N12O10P2SV.